The smallest absolute Gasteiger partial charge is 0.160 e. The summed E-state index contributed by atoms with van der Waals surface area (Å²) in [5.74, 6) is 0.699. The summed E-state index contributed by atoms with van der Waals surface area (Å²) >= 11 is 0. The molecule has 4 aromatic carbocycles. The van der Waals surface area contributed by atoms with Crippen LogP contribution in [0.3, 0.4) is 0 Å². The highest BCUT2D eigenvalue weighted by Crippen LogP contribution is 2.48. The van der Waals surface area contributed by atoms with E-state index in [-0.39, 0.29) is 0 Å². The van der Waals surface area contributed by atoms with Crippen LogP contribution in [-0.4, -0.2) is 19.9 Å². The molecule has 1 aliphatic carbocycles. The summed E-state index contributed by atoms with van der Waals surface area (Å²) in [6.07, 6.45) is 3.63. The molecular formula is C32H18N4. The number of pyridine rings is 2. The first-order valence-electron chi connectivity index (χ1n) is 12.0. The van der Waals surface area contributed by atoms with Gasteiger partial charge < -0.3 is 0 Å². The van der Waals surface area contributed by atoms with E-state index in [4.69, 9.17) is 9.97 Å². The highest BCUT2D eigenvalue weighted by molar-refractivity contribution is 6.18. The lowest BCUT2D eigenvalue weighted by atomic mass is 9.98. The molecule has 0 amide bonds. The Balaban J connectivity index is 1.31. The van der Waals surface area contributed by atoms with Gasteiger partial charge in [0.2, 0.25) is 0 Å². The largest absolute Gasteiger partial charge is 0.254 e. The Morgan fingerprint density at radius 2 is 1.14 bits per heavy atom. The van der Waals surface area contributed by atoms with Gasteiger partial charge in [0, 0.05) is 28.7 Å². The molecule has 4 nitrogen and oxygen atoms in total. The lowest BCUT2D eigenvalue weighted by Gasteiger charge is -2.10. The maximum Gasteiger partial charge on any atom is 0.160 e. The topological polar surface area (TPSA) is 51.6 Å². The minimum Gasteiger partial charge on any atom is -0.254 e. The Morgan fingerprint density at radius 1 is 0.417 bits per heavy atom. The predicted molar refractivity (Wildman–Crippen MR) is 145 cm³/mol. The fourth-order valence-corrected chi connectivity index (χ4v) is 5.50. The quantitative estimate of drug-likeness (QED) is 0.249. The molecule has 1 aliphatic rings. The van der Waals surface area contributed by atoms with Gasteiger partial charge in [-0.15, -0.1) is 0 Å². The average molecular weight is 459 g/mol. The number of fused-ring (bicyclic) bond motifs is 6. The van der Waals surface area contributed by atoms with Crippen molar-refractivity contribution in [2.75, 3.05) is 0 Å². The molecule has 0 N–H and O–H groups in total. The Kier molecular flexibility index (Phi) is 3.91. The molecule has 8 rings (SSSR count). The molecule has 4 heteroatoms. The summed E-state index contributed by atoms with van der Waals surface area (Å²) < 4.78 is 0. The second-order valence-corrected chi connectivity index (χ2v) is 9.11. The van der Waals surface area contributed by atoms with Gasteiger partial charge in [-0.1, -0.05) is 72.8 Å². The summed E-state index contributed by atoms with van der Waals surface area (Å²) in [6.45, 7) is 0. The first-order valence-corrected chi connectivity index (χ1v) is 12.0. The predicted octanol–water partition coefficient (Wildman–Crippen LogP) is 7.71. The molecule has 0 radical (unpaired) electrons. The standard InChI is InChI=1S/C32H18N4/c1-2-7-22-21(6-1)23-8-3-9-24-26(14-13-25(22)29(23)24)32-34-18-16-28(36-32)27-15-12-20-11-10-19-5-4-17-33-30(19)31(20)35-27/h1-18H. The fraction of sp³-hybridized carbons (Fsp3) is 0. The zero-order valence-corrected chi connectivity index (χ0v) is 19.2. The molecule has 3 heterocycles. The van der Waals surface area contributed by atoms with Crippen LogP contribution in [0.25, 0.3) is 77.6 Å². The number of aromatic nitrogens is 4. The van der Waals surface area contributed by atoms with Crippen LogP contribution in [0.1, 0.15) is 0 Å². The molecule has 0 fully saturated rings. The molecular weight excluding hydrogens is 440 g/mol. The number of hydrogen-bond donors (Lipinski definition) is 0. The maximum atomic E-state index is 4.99. The molecule has 0 aliphatic heterocycles. The van der Waals surface area contributed by atoms with Crippen LogP contribution < -0.4 is 0 Å². The van der Waals surface area contributed by atoms with Crippen LogP contribution >= 0.6 is 0 Å². The Morgan fingerprint density at radius 3 is 2.03 bits per heavy atom. The summed E-state index contributed by atoms with van der Waals surface area (Å²) in [5, 5.41) is 4.57. The number of benzene rings is 4. The molecule has 0 spiro atoms. The number of rotatable bonds is 2. The lowest BCUT2D eigenvalue weighted by Crippen LogP contribution is -1.95. The van der Waals surface area contributed by atoms with E-state index < -0.39 is 0 Å². The normalized spacial score (nSPS) is 11.9. The maximum absolute atomic E-state index is 4.99. The Labute approximate surface area is 207 Å². The zero-order chi connectivity index (χ0) is 23.6. The van der Waals surface area contributed by atoms with E-state index in [0.717, 1.165) is 38.8 Å². The lowest BCUT2D eigenvalue weighted by molar-refractivity contribution is 1.17. The highest BCUT2D eigenvalue weighted by atomic mass is 14.9. The van der Waals surface area contributed by atoms with Crippen molar-refractivity contribution in [2.45, 2.75) is 0 Å². The van der Waals surface area contributed by atoms with E-state index in [1.807, 2.05) is 30.6 Å². The van der Waals surface area contributed by atoms with Crippen molar-refractivity contribution in [2.24, 2.45) is 0 Å². The van der Waals surface area contributed by atoms with Crippen LogP contribution in [-0.2, 0) is 0 Å². The molecule has 0 unspecified atom stereocenters. The average Bonchev–Trinajstić information content (AvgIpc) is 3.28. The number of nitrogens with zero attached hydrogens (tertiary/aromatic N) is 4. The minimum atomic E-state index is 0.699. The molecule has 0 bridgehead atoms. The van der Waals surface area contributed by atoms with Crippen molar-refractivity contribution in [1.82, 2.24) is 19.9 Å². The molecule has 0 saturated heterocycles. The Hall–Kier alpha value is -4.96. The first kappa shape index (κ1) is 19.4. The summed E-state index contributed by atoms with van der Waals surface area (Å²) in [4.78, 5) is 19.2. The molecule has 166 valence electrons. The van der Waals surface area contributed by atoms with Gasteiger partial charge in [-0.25, -0.2) is 15.0 Å². The van der Waals surface area contributed by atoms with Gasteiger partial charge >= 0.3 is 0 Å². The molecule has 7 aromatic rings. The van der Waals surface area contributed by atoms with E-state index >= 15 is 0 Å². The molecule has 0 saturated carbocycles. The first-order chi connectivity index (χ1) is 17.8. The van der Waals surface area contributed by atoms with Gasteiger partial charge in [-0.2, -0.15) is 0 Å². The highest BCUT2D eigenvalue weighted by Gasteiger charge is 2.22. The molecule has 0 atom stereocenters. The van der Waals surface area contributed by atoms with E-state index in [1.165, 1.54) is 33.0 Å². The Bertz CT molecular complexity index is 1980. The summed E-state index contributed by atoms with van der Waals surface area (Å²) in [6, 6.07) is 33.7. The van der Waals surface area contributed by atoms with Gasteiger partial charge in [0.1, 0.15) is 0 Å². The molecule has 3 aromatic heterocycles. The second kappa shape index (κ2) is 7.27. The van der Waals surface area contributed by atoms with Crippen molar-refractivity contribution in [3.8, 4) is 45.0 Å². The van der Waals surface area contributed by atoms with Crippen LogP contribution in [0.15, 0.2) is 109 Å². The minimum absolute atomic E-state index is 0.699. The van der Waals surface area contributed by atoms with Crippen LogP contribution in [0, 0.1) is 0 Å². The van der Waals surface area contributed by atoms with Crippen LogP contribution in [0.4, 0.5) is 0 Å². The van der Waals surface area contributed by atoms with E-state index in [0.29, 0.717) is 5.82 Å². The number of hydrogen-bond acceptors (Lipinski definition) is 4. The van der Waals surface area contributed by atoms with Crippen LogP contribution in [0.5, 0.6) is 0 Å². The second-order valence-electron chi connectivity index (χ2n) is 9.11. The third kappa shape index (κ3) is 2.70. The SMILES string of the molecule is c1ccc2c(c1)-c1cccc3c(-c4nccc(-c5ccc6ccc7cccnc7c6n5)n4)ccc-2c13. The van der Waals surface area contributed by atoms with Gasteiger partial charge in [0.15, 0.2) is 5.82 Å². The summed E-state index contributed by atoms with van der Waals surface area (Å²) in [5.41, 5.74) is 9.52. The van der Waals surface area contributed by atoms with Crippen molar-refractivity contribution in [1.29, 1.82) is 0 Å². The van der Waals surface area contributed by atoms with Crippen molar-refractivity contribution in [3.05, 3.63) is 109 Å². The van der Waals surface area contributed by atoms with E-state index in [9.17, 15) is 0 Å². The third-order valence-corrected chi connectivity index (χ3v) is 7.14. The third-order valence-electron chi connectivity index (χ3n) is 7.14. The van der Waals surface area contributed by atoms with E-state index in [2.05, 4.69) is 88.8 Å². The fourth-order valence-electron chi connectivity index (χ4n) is 5.50. The zero-order valence-electron chi connectivity index (χ0n) is 19.2. The van der Waals surface area contributed by atoms with Crippen LogP contribution in [0.2, 0.25) is 0 Å². The van der Waals surface area contributed by atoms with Gasteiger partial charge in [0.05, 0.1) is 22.4 Å². The van der Waals surface area contributed by atoms with Gasteiger partial charge in [-0.3, -0.25) is 4.98 Å². The van der Waals surface area contributed by atoms with Crippen molar-refractivity contribution >= 4 is 32.6 Å². The van der Waals surface area contributed by atoms with Crippen molar-refractivity contribution < 1.29 is 0 Å². The van der Waals surface area contributed by atoms with Gasteiger partial charge in [0.25, 0.3) is 0 Å². The summed E-state index contributed by atoms with van der Waals surface area (Å²) in [7, 11) is 0. The van der Waals surface area contributed by atoms with Crippen molar-refractivity contribution in [3.63, 3.8) is 0 Å². The molecule has 36 heavy (non-hydrogen) atoms. The van der Waals surface area contributed by atoms with E-state index in [1.54, 1.807) is 0 Å². The van der Waals surface area contributed by atoms with Gasteiger partial charge in [-0.05, 0) is 57.3 Å². The monoisotopic (exact) mass is 458 g/mol.